The van der Waals surface area contributed by atoms with E-state index in [1.807, 2.05) is 0 Å². The molecule has 0 saturated heterocycles. The van der Waals surface area contributed by atoms with Crippen molar-refractivity contribution < 1.29 is 17.9 Å². The number of hydrogen-bond donors (Lipinski definition) is 1. The Hall–Kier alpha value is -1.27. The first kappa shape index (κ1) is 17.1. The second kappa shape index (κ2) is 7.83. The van der Waals surface area contributed by atoms with Crippen molar-refractivity contribution in [2.75, 3.05) is 19.8 Å². The largest absolute Gasteiger partial charge is 0.486 e. The second-order valence-electron chi connectivity index (χ2n) is 5.57. The summed E-state index contributed by atoms with van der Waals surface area (Å²) < 4.78 is 38.4. The minimum absolute atomic E-state index is 0.224. The molecule has 1 aromatic rings. The Kier molecular flexibility index (Phi) is 6.08. The molecule has 0 spiro atoms. The molecule has 22 heavy (non-hydrogen) atoms. The minimum Gasteiger partial charge on any atom is -0.486 e. The van der Waals surface area contributed by atoms with E-state index in [-0.39, 0.29) is 4.90 Å². The summed E-state index contributed by atoms with van der Waals surface area (Å²) in [6.07, 6.45) is 4.29. The molecule has 1 aliphatic heterocycles. The topological polar surface area (TPSA) is 64.6 Å². The number of benzene rings is 1. The van der Waals surface area contributed by atoms with Crippen LogP contribution >= 0.6 is 0 Å². The average Bonchev–Trinajstić information content (AvgIpc) is 2.54. The monoisotopic (exact) mass is 327 g/mol. The van der Waals surface area contributed by atoms with E-state index in [9.17, 15) is 8.42 Å². The van der Waals surface area contributed by atoms with E-state index in [0.717, 1.165) is 25.7 Å². The highest BCUT2D eigenvalue weighted by molar-refractivity contribution is 7.89. The van der Waals surface area contributed by atoms with E-state index in [1.54, 1.807) is 12.1 Å². The van der Waals surface area contributed by atoms with Crippen LogP contribution < -0.4 is 14.2 Å². The first-order chi connectivity index (χ1) is 10.6. The highest BCUT2D eigenvalue weighted by atomic mass is 32.2. The fourth-order valence-corrected chi connectivity index (χ4v) is 3.58. The van der Waals surface area contributed by atoms with Crippen LogP contribution in [-0.2, 0) is 10.0 Å². The van der Waals surface area contributed by atoms with Crippen molar-refractivity contribution >= 4 is 10.0 Å². The summed E-state index contributed by atoms with van der Waals surface area (Å²) in [5.41, 5.74) is 0. The van der Waals surface area contributed by atoms with Crippen molar-refractivity contribution in [2.45, 2.75) is 44.4 Å². The lowest BCUT2D eigenvalue weighted by Crippen LogP contribution is -2.29. The Balaban J connectivity index is 2.03. The Morgan fingerprint density at radius 2 is 1.91 bits per heavy atom. The number of fused-ring (bicyclic) bond motifs is 1. The van der Waals surface area contributed by atoms with Crippen molar-refractivity contribution in [3.8, 4) is 11.5 Å². The van der Waals surface area contributed by atoms with Crippen LogP contribution in [0.2, 0.25) is 0 Å². The maximum atomic E-state index is 12.4. The van der Waals surface area contributed by atoms with Gasteiger partial charge in [-0.15, -0.1) is 0 Å². The van der Waals surface area contributed by atoms with Crippen LogP contribution in [0.15, 0.2) is 23.1 Å². The molecule has 0 aliphatic carbocycles. The fourth-order valence-electron chi connectivity index (χ4n) is 2.45. The minimum atomic E-state index is -3.51. The van der Waals surface area contributed by atoms with Gasteiger partial charge in [0.05, 0.1) is 4.90 Å². The number of sulfonamides is 1. The summed E-state index contributed by atoms with van der Waals surface area (Å²) in [4.78, 5) is 0.224. The van der Waals surface area contributed by atoms with Crippen molar-refractivity contribution in [2.24, 2.45) is 5.92 Å². The van der Waals surface area contributed by atoms with Gasteiger partial charge in [-0.05, 0) is 24.5 Å². The van der Waals surface area contributed by atoms with Gasteiger partial charge in [-0.3, -0.25) is 0 Å². The number of unbranched alkanes of at least 4 members (excludes halogenated alkanes) is 1. The van der Waals surface area contributed by atoms with Crippen LogP contribution in [-0.4, -0.2) is 28.2 Å². The average molecular weight is 327 g/mol. The standard InChI is InChI=1S/C16H25NO4S/c1-3-5-6-13(4-2)12-17-22(18,19)14-7-8-15-16(11-14)21-10-9-20-15/h7-8,11,13,17H,3-6,9-10,12H2,1-2H3. The van der Waals surface area contributed by atoms with Gasteiger partial charge in [-0.1, -0.05) is 33.1 Å². The fraction of sp³-hybridized carbons (Fsp3) is 0.625. The molecule has 5 nitrogen and oxygen atoms in total. The molecule has 0 radical (unpaired) electrons. The molecular formula is C16H25NO4S. The zero-order chi connectivity index (χ0) is 16.0. The highest BCUT2D eigenvalue weighted by Crippen LogP contribution is 2.32. The van der Waals surface area contributed by atoms with Crippen molar-refractivity contribution in [3.05, 3.63) is 18.2 Å². The van der Waals surface area contributed by atoms with E-state index in [4.69, 9.17) is 9.47 Å². The molecule has 1 unspecified atom stereocenters. The van der Waals surface area contributed by atoms with Gasteiger partial charge in [-0.25, -0.2) is 13.1 Å². The SMILES string of the molecule is CCCCC(CC)CNS(=O)(=O)c1ccc2c(c1)OCCO2. The smallest absolute Gasteiger partial charge is 0.240 e. The molecule has 0 amide bonds. The molecule has 1 aliphatic rings. The Labute approximate surface area is 133 Å². The molecule has 1 atom stereocenters. The lowest BCUT2D eigenvalue weighted by molar-refractivity contribution is 0.171. The van der Waals surface area contributed by atoms with Crippen LogP contribution in [0.25, 0.3) is 0 Å². The summed E-state index contributed by atoms with van der Waals surface area (Å²) in [5, 5.41) is 0. The third-order valence-corrected chi connectivity index (χ3v) is 5.35. The van der Waals surface area contributed by atoms with E-state index in [1.165, 1.54) is 6.07 Å². The molecule has 6 heteroatoms. The van der Waals surface area contributed by atoms with Gasteiger partial charge in [0.15, 0.2) is 11.5 Å². The predicted molar refractivity (Wildman–Crippen MR) is 85.9 cm³/mol. The number of hydrogen-bond acceptors (Lipinski definition) is 4. The summed E-state index contributed by atoms with van der Waals surface area (Å²) in [5.74, 6) is 1.47. The molecule has 124 valence electrons. The van der Waals surface area contributed by atoms with E-state index >= 15 is 0 Å². The molecular weight excluding hydrogens is 302 g/mol. The second-order valence-corrected chi connectivity index (χ2v) is 7.34. The van der Waals surface area contributed by atoms with Crippen LogP contribution in [0.4, 0.5) is 0 Å². The quantitative estimate of drug-likeness (QED) is 0.797. The van der Waals surface area contributed by atoms with E-state index in [2.05, 4.69) is 18.6 Å². The third kappa shape index (κ3) is 4.36. The van der Waals surface area contributed by atoms with E-state index < -0.39 is 10.0 Å². The van der Waals surface area contributed by atoms with Gasteiger partial charge in [0.2, 0.25) is 10.0 Å². The zero-order valence-corrected chi connectivity index (χ0v) is 14.1. The van der Waals surface area contributed by atoms with Gasteiger partial charge >= 0.3 is 0 Å². The van der Waals surface area contributed by atoms with Gasteiger partial charge < -0.3 is 9.47 Å². The third-order valence-electron chi connectivity index (χ3n) is 3.93. The first-order valence-corrected chi connectivity index (χ1v) is 9.44. The molecule has 2 rings (SSSR count). The molecule has 0 bridgehead atoms. The van der Waals surface area contributed by atoms with Gasteiger partial charge in [0.1, 0.15) is 13.2 Å². The number of ether oxygens (including phenoxy) is 2. The van der Waals surface area contributed by atoms with Crippen LogP contribution in [0.3, 0.4) is 0 Å². The summed E-state index contributed by atoms with van der Waals surface area (Å²) in [7, 11) is -3.51. The first-order valence-electron chi connectivity index (χ1n) is 7.96. The van der Waals surface area contributed by atoms with Crippen LogP contribution in [0, 0.1) is 5.92 Å². The highest BCUT2D eigenvalue weighted by Gasteiger charge is 2.20. The zero-order valence-electron chi connectivity index (χ0n) is 13.3. The van der Waals surface area contributed by atoms with Crippen LogP contribution in [0.5, 0.6) is 11.5 Å². The summed E-state index contributed by atoms with van der Waals surface area (Å²) in [6.45, 7) is 5.66. The number of rotatable bonds is 8. The van der Waals surface area contributed by atoms with Crippen molar-refractivity contribution in [3.63, 3.8) is 0 Å². The van der Waals surface area contributed by atoms with E-state index in [0.29, 0.717) is 37.2 Å². The molecule has 0 fully saturated rings. The van der Waals surface area contributed by atoms with Crippen molar-refractivity contribution in [1.29, 1.82) is 0 Å². The summed E-state index contributed by atoms with van der Waals surface area (Å²) in [6, 6.07) is 4.74. The normalized spacial score (nSPS) is 15.5. The number of nitrogens with one attached hydrogen (secondary N) is 1. The molecule has 1 heterocycles. The lowest BCUT2D eigenvalue weighted by atomic mass is 10.00. The van der Waals surface area contributed by atoms with Gasteiger partial charge in [-0.2, -0.15) is 0 Å². The lowest BCUT2D eigenvalue weighted by Gasteiger charge is -2.19. The predicted octanol–water partition coefficient (Wildman–Crippen LogP) is 2.95. The Bertz CT molecular complexity index is 586. The molecule has 1 N–H and O–H groups in total. The Morgan fingerprint density at radius 3 is 2.59 bits per heavy atom. The molecule has 1 aromatic carbocycles. The van der Waals surface area contributed by atoms with Crippen molar-refractivity contribution in [1.82, 2.24) is 4.72 Å². The van der Waals surface area contributed by atoms with Crippen LogP contribution in [0.1, 0.15) is 39.5 Å². The maximum absolute atomic E-state index is 12.4. The molecule has 0 aromatic heterocycles. The summed E-state index contributed by atoms with van der Waals surface area (Å²) >= 11 is 0. The maximum Gasteiger partial charge on any atom is 0.240 e. The molecule has 0 saturated carbocycles. The van der Waals surface area contributed by atoms with Gasteiger partial charge in [0.25, 0.3) is 0 Å². The Morgan fingerprint density at radius 1 is 1.18 bits per heavy atom. The van der Waals surface area contributed by atoms with Gasteiger partial charge in [0, 0.05) is 12.6 Å².